The first-order valence-corrected chi connectivity index (χ1v) is 43.6. The molecule has 110 heavy (non-hydrogen) atoms. The number of rotatable bonds is 30. The van der Waals surface area contributed by atoms with Gasteiger partial charge in [-0.2, -0.15) is 0 Å². The third kappa shape index (κ3) is 20.9. The third-order valence-corrected chi connectivity index (χ3v) is 32.5. The first-order chi connectivity index (χ1) is 52.5. The third-order valence-electron chi connectivity index (χ3n) is 23.5. The van der Waals surface area contributed by atoms with Gasteiger partial charge in [0.2, 0.25) is 0 Å². The van der Waals surface area contributed by atoms with Gasteiger partial charge in [-0.15, -0.1) is 0 Å². The van der Waals surface area contributed by atoms with Crippen LogP contribution < -0.4 is 0 Å². The van der Waals surface area contributed by atoms with Crippen molar-refractivity contribution in [1.82, 2.24) is 0 Å². The summed E-state index contributed by atoms with van der Waals surface area (Å²) in [4.78, 5) is 0. The minimum absolute atomic E-state index is 0.00145. The van der Waals surface area contributed by atoms with Crippen molar-refractivity contribution in [3.63, 3.8) is 0 Å². The highest BCUT2D eigenvalue weighted by molar-refractivity contribution is 6.74. The normalized spacial score (nSPS) is 43.0. The molecule has 0 spiro atoms. The Morgan fingerprint density at radius 2 is 0.318 bits per heavy atom. The molecule has 646 valence electrons. The summed E-state index contributed by atoms with van der Waals surface area (Å²) in [5.41, 5.74) is 0. The van der Waals surface area contributed by atoms with Crippen LogP contribution in [0.2, 0.25) is 36.3 Å². The van der Waals surface area contributed by atoms with E-state index in [1.54, 1.807) is 42.7 Å². The average Bonchev–Trinajstić information content (AvgIpc) is 0.765. The summed E-state index contributed by atoms with van der Waals surface area (Å²) in [6, 6.07) is 0. The fourth-order valence-electron chi connectivity index (χ4n) is 15.5. The molecule has 21 heterocycles. The zero-order chi connectivity index (χ0) is 80.9. The van der Waals surface area contributed by atoms with Crippen LogP contribution in [-0.2, 0) is 165 Å². The van der Waals surface area contributed by atoms with Crippen molar-refractivity contribution >= 4 is 16.6 Å². The fraction of sp³-hybridized carbons (Fsp3) is 1.00. The molecule has 0 unspecified atom stereocenters. The largest absolute Gasteiger partial charge is 0.414 e. The first kappa shape index (κ1) is 94.5. The zero-order valence-electron chi connectivity index (χ0n) is 70.4. The van der Waals surface area contributed by atoms with Gasteiger partial charge in [0.15, 0.2) is 60.7 Å². The maximum Gasteiger partial charge on any atom is 0.192 e. The van der Waals surface area contributed by atoms with E-state index >= 15 is 0 Å². The van der Waals surface area contributed by atoms with Gasteiger partial charge in [0.05, 0.1) is 46.2 Å². The highest BCUT2D eigenvalue weighted by Gasteiger charge is 2.63. The Balaban J connectivity index is 1.29. The Morgan fingerprint density at radius 3 is 0.427 bits per heavy atom. The summed E-state index contributed by atoms with van der Waals surface area (Å²) in [6.07, 6.45) is -36.6. The lowest BCUT2D eigenvalue weighted by molar-refractivity contribution is -0.402. The van der Waals surface area contributed by atoms with E-state index in [9.17, 15) is 0 Å². The Kier molecular flexibility index (Phi) is 36.8. The van der Waals surface area contributed by atoms with E-state index in [4.69, 9.17) is 165 Å². The van der Waals surface area contributed by atoms with Crippen molar-refractivity contribution in [3.05, 3.63) is 0 Å². The Bertz CT molecular complexity index is 2560. The van der Waals surface area contributed by atoms with Crippen LogP contribution in [0.5, 0.6) is 0 Å². The van der Waals surface area contributed by atoms with E-state index in [1.165, 1.54) is 92.4 Å². The van der Waals surface area contributed by atoms with Gasteiger partial charge in [-0.25, -0.2) is 0 Å². The molecular formula is C73H136O35Si2. The molecule has 0 amide bonds. The Hall–Kier alpha value is -0.966. The van der Waals surface area contributed by atoms with Crippen LogP contribution >= 0.6 is 0 Å². The molecule has 0 aromatic heterocycles. The SMILES string of the molecule is COC[C@@H]1O[C@@H]2O[C@H]3[C@H](OC)[C@@H](OC)[C@@H](O[C@H]4[C@@H](OC)[C@H](OC)[C@@H](O[C@H]5[C@@H](OC)[C@H](OC)[C@@H](O[C@H]6[C@H](OC)[C@@H](OC)[C@@H](O[C@H]7[C@H](OC)[C@@H](OC)[C@@H](O[C@H]8[C@H](OC)[C@@H](OC)[C@@H](O[C@H]1[C@H](OC)[C@H]2OC)O[C@H]8COC)O[C@H]7COC)O[C@@H]6CO[Si](C)(C)C(C)(C)C)O[C@@H]5COC)O[C@@H]4COC)O[C@H]3CO[Si](C)(C)C(C)(C)C. The molecule has 0 aromatic carbocycles. The minimum Gasteiger partial charge on any atom is -0.414 e. The standard InChI is InChI=1S/C73H136O35Si2/c1-72(2,3)109(26,27)93-35-42-49-56(84-17)64(92-25)71(101-42)106-48-41(34-78-11)97-67(60(88-21)55(48)83-16)104-46-39(32-76-9)99-69(62(90-23)53(46)81-14)108-50-43(36-94-110(28,29)73(4,5)6)100-70(63(91-24)57(50)85-18)105-47-40(33-77-10)96-66(59(87-20)54(47)82-15)102-44-37(30-74-7)95-65(58(86-19)51(44)79-12)103-45-38(31-75-8)98-68(107-49)61(89-22)52(45)80-13/h37-71H,30-36H2,1-29H3/t37-,38-,39+,40-,41+,42-,43+,44+,45+,46+,47+,48+,49+,50+,51-,52-,53+,54-,55+,56-,57-,58+,59+,60-,61+,62-,63+,64+,65+,66+,67+,68+,69+,70+,71+/m0/s1. The van der Waals surface area contributed by atoms with Crippen LogP contribution in [0.15, 0.2) is 0 Å². The number of methoxy groups -OCH3 is 19. The summed E-state index contributed by atoms with van der Waals surface area (Å²) >= 11 is 0. The van der Waals surface area contributed by atoms with Crippen LogP contribution in [0.4, 0.5) is 0 Å². The second kappa shape index (κ2) is 42.8. The molecule has 0 aliphatic carbocycles. The second-order valence-electron chi connectivity index (χ2n) is 31.7. The quantitative estimate of drug-likeness (QED) is 0.0932. The van der Waals surface area contributed by atoms with Crippen LogP contribution in [-0.4, -0.2) is 413 Å². The average molecular weight is 1630 g/mol. The molecule has 0 radical (unpaired) electrons. The van der Waals surface area contributed by atoms with Crippen molar-refractivity contribution in [1.29, 1.82) is 0 Å². The van der Waals surface area contributed by atoms with Gasteiger partial charge in [-0.3, -0.25) is 0 Å². The van der Waals surface area contributed by atoms with Gasteiger partial charge in [0.25, 0.3) is 0 Å². The second-order valence-corrected chi connectivity index (χ2v) is 41.3. The fourth-order valence-corrected chi connectivity index (χ4v) is 17.6. The minimum atomic E-state index is -2.56. The molecule has 21 aliphatic heterocycles. The monoisotopic (exact) mass is 1630 g/mol. The smallest absolute Gasteiger partial charge is 0.192 e. The summed E-state index contributed by atoms with van der Waals surface area (Å²) in [7, 11) is 24.0. The molecule has 37 heteroatoms. The number of hydrogen-bond donors (Lipinski definition) is 0. The molecule has 21 saturated heterocycles. The molecule has 21 rings (SSSR count). The van der Waals surface area contributed by atoms with Gasteiger partial charge >= 0.3 is 0 Å². The van der Waals surface area contributed by atoms with E-state index in [-0.39, 0.29) is 56.3 Å². The molecule has 14 bridgehead atoms. The van der Waals surface area contributed by atoms with Crippen LogP contribution in [0.25, 0.3) is 0 Å². The molecule has 21 aliphatic rings. The predicted octanol–water partition coefficient (Wildman–Crippen LogP) is 3.26. The lowest BCUT2D eigenvalue weighted by atomic mass is 9.94. The van der Waals surface area contributed by atoms with Crippen LogP contribution in [0, 0.1) is 0 Å². The zero-order valence-corrected chi connectivity index (χ0v) is 72.4. The molecular weight excluding hydrogens is 1490 g/mol. The van der Waals surface area contributed by atoms with Gasteiger partial charge in [-0.05, 0) is 36.3 Å². The number of hydrogen-bond acceptors (Lipinski definition) is 35. The maximum atomic E-state index is 7.28. The molecule has 21 fully saturated rings. The summed E-state index contributed by atoms with van der Waals surface area (Å²) in [5, 5.41) is -0.465. The van der Waals surface area contributed by atoms with Crippen LogP contribution in [0.1, 0.15) is 41.5 Å². The molecule has 0 saturated carbocycles. The Labute approximate surface area is 653 Å². The molecule has 0 aromatic rings. The highest BCUT2D eigenvalue weighted by Crippen LogP contribution is 2.45. The lowest BCUT2D eigenvalue weighted by Crippen LogP contribution is -2.69. The van der Waals surface area contributed by atoms with Gasteiger partial charge in [-0.1, -0.05) is 41.5 Å². The summed E-state index contributed by atoms with van der Waals surface area (Å²) in [5.74, 6) is 0. The molecule has 35 atom stereocenters. The number of ether oxygens (including phenoxy) is 33. The van der Waals surface area contributed by atoms with Crippen molar-refractivity contribution < 1.29 is 165 Å². The van der Waals surface area contributed by atoms with E-state index in [2.05, 4.69) is 67.7 Å². The van der Waals surface area contributed by atoms with Crippen molar-refractivity contribution in [2.24, 2.45) is 0 Å². The van der Waals surface area contributed by atoms with Crippen LogP contribution in [0.3, 0.4) is 0 Å². The van der Waals surface area contributed by atoms with E-state index in [1.807, 2.05) is 0 Å². The molecule has 35 nitrogen and oxygen atoms in total. The van der Waals surface area contributed by atoms with E-state index < -0.39 is 232 Å². The van der Waals surface area contributed by atoms with Crippen molar-refractivity contribution in [2.45, 2.75) is 293 Å². The lowest BCUT2D eigenvalue weighted by Gasteiger charge is -2.53. The Morgan fingerprint density at radius 1 is 0.191 bits per heavy atom. The summed E-state index contributed by atoms with van der Waals surface area (Å²) in [6.45, 7) is 21.2. The van der Waals surface area contributed by atoms with Gasteiger partial charge in [0.1, 0.15) is 171 Å². The topological polar surface area (TPSA) is 323 Å². The summed E-state index contributed by atoms with van der Waals surface area (Å²) < 4.78 is 233. The first-order valence-electron chi connectivity index (χ1n) is 37.8. The van der Waals surface area contributed by atoms with Crippen molar-refractivity contribution in [2.75, 3.05) is 181 Å². The van der Waals surface area contributed by atoms with Gasteiger partial charge in [0, 0.05) is 135 Å². The van der Waals surface area contributed by atoms with Crippen molar-refractivity contribution in [3.8, 4) is 0 Å². The van der Waals surface area contributed by atoms with E-state index in [0.29, 0.717) is 0 Å². The molecule has 0 N–H and O–H groups in total. The maximum absolute atomic E-state index is 7.28. The highest BCUT2D eigenvalue weighted by atomic mass is 28.4. The van der Waals surface area contributed by atoms with E-state index in [0.717, 1.165) is 0 Å². The predicted molar refractivity (Wildman–Crippen MR) is 392 cm³/mol. The van der Waals surface area contributed by atoms with Gasteiger partial charge < -0.3 is 165 Å².